The molecule has 1 atom stereocenters. The lowest BCUT2D eigenvalue weighted by Crippen LogP contribution is -2.30. The van der Waals surface area contributed by atoms with E-state index in [-0.39, 0.29) is 17.0 Å². The van der Waals surface area contributed by atoms with Crippen molar-refractivity contribution in [2.24, 2.45) is 0 Å². The molecule has 1 aliphatic heterocycles. The second kappa shape index (κ2) is 7.30. The van der Waals surface area contributed by atoms with Crippen LogP contribution in [0.15, 0.2) is 48.5 Å². The maximum Gasteiger partial charge on any atom is 0.573 e. The Morgan fingerprint density at radius 1 is 1.15 bits per heavy atom. The highest BCUT2D eigenvalue weighted by atomic mass is 32.2. The predicted molar refractivity (Wildman–Crippen MR) is 90.5 cm³/mol. The number of thioether (sulfide) groups is 1. The molecule has 134 valence electrons. The quantitative estimate of drug-likeness (QED) is 0.797. The zero-order chi connectivity index (χ0) is 18.7. The number of benzene rings is 2. The van der Waals surface area contributed by atoms with Gasteiger partial charge in [-0.25, -0.2) is 0 Å². The van der Waals surface area contributed by atoms with E-state index in [2.05, 4.69) is 4.74 Å². The lowest BCUT2D eigenvalue weighted by Gasteiger charge is -2.24. The molecule has 4 nitrogen and oxygen atoms in total. The van der Waals surface area contributed by atoms with E-state index in [1.54, 1.807) is 40.9 Å². The lowest BCUT2D eigenvalue weighted by atomic mass is 10.1. The van der Waals surface area contributed by atoms with Crippen molar-refractivity contribution in [2.45, 2.75) is 11.7 Å². The average molecular weight is 378 g/mol. The van der Waals surface area contributed by atoms with Gasteiger partial charge in [0.2, 0.25) is 0 Å². The van der Waals surface area contributed by atoms with Crippen molar-refractivity contribution < 1.29 is 22.7 Å². The summed E-state index contributed by atoms with van der Waals surface area (Å²) in [5.41, 5.74) is 1.66. The van der Waals surface area contributed by atoms with Gasteiger partial charge < -0.3 is 9.64 Å². The van der Waals surface area contributed by atoms with Crippen LogP contribution in [0.2, 0.25) is 0 Å². The number of carbonyl (C=O) groups is 1. The largest absolute Gasteiger partial charge is 0.573 e. The number of rotatable bonds is 3. The van der Waals surface area contributed by atoms with E-state index in [4.69, 9.17) is 5.26 Å². The lowest BCUT2D eigenvalue weighted by molar-refractivity contribution is -0.274. The summed E-state index contributed by atoms with van der Waals surface area (Å²) < 4.78 is 40.6. The van der Waals surface area contributed by atoms with Crippen molar-refractivity contribution in [1.82, 2.24) is 4.90 Å². The van der Waals surface area contributed by atoms with Crippen LogP contribution in [0.1, 0.15) is 26.9 Å². The summed E-state index contributed by atoms with van der Waals surface area (Å²) in [7, 11) is 0. The SMILES string of the molecule is N#Cc1ccc(C(=O)N2CCS[C@H]2c2ccc(OC(F)(F)F)cc2)cc1. The summed E-state index contributed by atoms with van der Waals surface area (Å²) in [6.07, 6.45) is -4.73. The van der Waals surface area contributed by atoms with Gasteiger partial charge in [0.25, 0.3) is 5.91 Å². The Labute approximate surface area is 152 Å². The smallest absolute Gasteiger partial charge is 0.406 e. The Morgan fingerprint density at radius 2 is 1.81 bits per heavy atom. The fraction of sp³-hybridized carbons (Fsp3) is 0.222. The molecule has 0 unspecified atom stereocenters. The standard InChI is InChI=1S/C18H13F3N2O2S/c19-18(20,21)25-15-7-5-14(6-8-15)17-23(9-10-26-17)16(24)13-3-1-12(11-22)2-4-13/h1-8,17H,9-10H2/t17-/m0/s1. The van der Waals surface area contributed by atoms with Gasteiger partial charge in [-0.1, -0.05) is 12.1 Å². The van der Waals surface area contributed by atoms with Crippen molar-refractivity contribution >= 4 is 17.7 Å². The number of carbonyl (C=O) groups excluding carboxylic acids is 1. The second-order valence-electron chi connectivity index (χ2n) is 5.53. The molecule has 0 aromatic heterocycles. The van der Waals surface area contributed by atoms with Gasteiger partial charge in [0.05, 0.1) is 11.6 Å². The number of nitrogens with zero attached hydrogens (tertiary/aromatic N) is 2. The molecule has 1 amide bonds. The average Bonchev–Trinajstić information content (AvgIpc) is 3.10. The molecule has 0 bridgehead atoms. The van der Waals surface area contributed by atoms with Crippen LogP contribution in [-0.2, 0) is 0 Å². The summed E-state index contributed by atoms with van der Waals surface area (Å²) in [6.45, 7) is 0.537. The molecule has 8 heteroatoms. The summed E-state index contributed by atoms with van der Waals surface area (Å²) in [5, 5.41) is 8.55. The number of hydrogen-bond donors (Lipinski definition) is 0. The highest BCUT2D eigenvalue weighted by molar-refractivity contribution is 7.99. The second-order valence-corrected chi connectivity index (χ2v) is 6.72. The van der Waals surface area contributed by atoms with E-state index in [1.807, 2.05) is 6.07 Å². The normalized spacial score (nSPS) is 17.0. The number of amides is 1. The first-order valence-electron chi connectivity index (χ1n) is 7.66. The van der Waals surface area contributed by atoms with Crippen molar-refractivity contribution in [1.29, 1.82) is 5.26 Å². The van der Waals surface area contributed by atoms with Crippen LogP contribution in [0.4, 0.5) is 13.2 Å². The minimum atomic E-state index is -4.73. The van der Waals surface area contributed by atoms with E-state index in [0.717, 1.165) is 11.3 Å². The topological polar surface area (TPSA) is 53.3 Å². The zero-order valence-corrected chi connectivity index (χ0v) is 14.2. The van der Waals surface area contributed by atoms with E-state index < -0.39 is 6.36 Å². The van der Waals surface area contributed by atoms with Crippen LogP contribution in [0, 0.1) is 11.3 Å². The number of halogens is 3. The van der Waals surface area contributed by atoms with Crippen molar-refractivity contribution in [3.8, 4) is 11.8 Å². The van der Waals surface area contributed by atoms with Crippen LogP contribution < -0.4 is 4.74 Å². The van der Waals surface area contributed by atoms with Crippen molar-refractivity contribution in [2.75, 3.05) is 12.3 Å². The molecular formula is C18H13F3N2O2S. The fourth-order valence-corrected chi connectivity index (χ4v) is 3.90. The number of ether oxygens (including phenoxy) is 1. The molecule has 2 aromatic carbocycles. The molecule has 1 aliphatic rings. The molecule has 1 heterocycles. The van der Waals surface area contributed by atoms with Crippen molar-refractivity contribution in [3.63, 3.8) is 0 Å². The molecule has 0 radical (unpaired) electrons. The molecular weight excluding hydrogens is 365 g/mol. The Balaban J connectivity index is 1.77. The van der Waals surface area contributed by atoms with Gasteiger partial charge in [0, 0.05) is 17.9 Å². The van der Waals surface area contributed by atoms with Crippen LogP contribution >= 0.6 is 11.8 Å². The van der Waals surface area contributed by atoms with Gasteiger partial charge in [-0.2, -0.15) is 5.26 Å². The van der Waals surface area contributed by atoms with Crippen LogP contribution in [0.25, 0.3) is 0 Å². The molecule has 3 rings (SSSR count). The molecule has 26 heavy (non-hydrogen) atoms. The first-order chi connectivity index (χ1) is 12.4. The monoisotopic (exact) mass is 378 g/mol. The van der Waals surface area contributed by atoms with Crippen LogP contribution in [0.5, 0.6) is 5.75 Å². The Bertz CT molecular complexity index is 830. The molecule has 0 saturated carbocycles. The van der Waals surface area contributed by atoms with E-state index in [1.165, 1.54) is 24.3 Å². The molecule has 0 aliphatic carbocycles. The maximum atomic E-state index is 12.7. The van der Waals surface area contributed by atoms with Gasteiger partial charge in [-0.05, 0) is 42.0 Å². The summed E-state index contributed by atoms with van der Waals surface area (Å²) in [4.78, 5) is 14.4. The highest BCUT2D eigenvalue weighted by Crippen LogP contribution is 2.39. The molecule has 0 N–H and O–H groups in total. The molecule has 1 saturated heterocycles. The zero-order valence-electron chi connectivity index (χ0n) is 13.4. The first-order valence-corrected chi connectivity index (χ1v) is 8.71. The maximum absolute atomic E-state index is 12.7. The molecule has 0 spiro atoms. The Morgan fingerprint density at radius 3 is 2.38 bits per heavy atom. The number of alkyl halides is 3. The summed E-state index contributed by atoms with van der Waals surface area (Å²) in [6, 6.07) is 13.9. The van der Waals surface area contributed by atoms with Gasteiger partial charge in [0.15, 0.2) is 0 Å². The number of hydrogen-bond acceptors (Lipinski definition) is 4. The molecule has 1 fully saturated rings. The first kappa shape index (κ1) is 18.1. The highest BCUT2D eigenvalue weighted by Gasteiger charge is 2.33. The third-order valence-corrected chi connectivity index (χ3v) is 5.07. The van der Waals surface area contributed by atoms with E-state index in [0.29, 0.717) is 17.7 Å². The number of nitriles is 1. The minimum Gasteiger partial charge on any atom is -0.406 e. The van der Waals surface area contributed by atoms with Gasteiger partial charge in [-0.3, -0.25) is 4.79 Å². The summed E-state index contributed by atoms with van der Waals surface area (Å²) in [5.74, 6) is 0.252. The third kappa shape index (κ3) is 4.11. The van der Waals surface area contributed by atoms with Gasteiger partial charge in [-0.15, -0.1) is 24.9 Å². The fourth-order valence-electron chi connectivity index (χ4n) is 2.64. The Hall–Kier alpha value is -2.66. The van der Waals surface area contributed by atoms with E-state index >= 15 is 0 Å². The van der Waals surface area contributed by atoms with Crippen LogP contribution in [0.3, 0.4) is 0 Å². The molecule has 2 aromatic rings. The van der Waals surface area contributed by atoms with Gasteiger partial charge in [0.1, 0.15) is 11.1 Å². The summed E-state index contributed by atoms with van der Waals surface area (Å²) >= 11 is 1.54. The van der Waals surface area contributed by atoms with Gasteiger partial charge >= 0.3 is 6.36 Å². The van der Waals surface area contributed by atoms with Crippen LogP contribution in [-0.4, -0.2) is 29.5 Å². The van der Waals surface area contributed by atoms with Crippen molar-refractivity contribution in [3.05, 3.63) is 65.2 Å². The predicted octanol–water partition coefficient (Wildman–Crippen LogP) is 4.34. The van der Waals surface area contributed by atoms with E-state index in [9.17, 15) is 18.0 Å². The Kier molecular flexibility index (Phi) is 5.09. The third-order valence-electron chi connectivity index (χ3n) is 3.81. The minimum absolute atomic E-state index is 0.180.